The minimum atomic E-state index is -1.08. The molecule has 0 saturated carbocycles. The van der Waals surface area contributed by atoms with Crippen LogP contribution in [0.25, 0.3) is 0 Å². The molecule has 0 spiro atoms. The summed E-state index contributed by atoms with van der Waals surface area (Å²) in [7, 11) is 0. The number of carboxylic acids is 1. The van der Waals surface area contributed by atoms with Gasteiger partial charge < -0.3 is 9.84 Å². The number of carbonyl (C=O) groups is 1. The first kappa shape index (κ1) is 10.1. The van der Waals surface area contributed by atoms with Crippen molar-refractivity contribution in [2.24, 2.45) is 0 Å². The van der Waals surface area contributed by atoms with E-state index in [-0.39, 0.29) is 0 Å². The molecule has 0 aromatic carbocycles. The van der Waals surface area contributed by atoms with Crippen LogP contribution in [0.5, 0.6) is 0 Å². The van der Waals surface area contributed by atoms with Crippen LogP contribution >= 0.6 is 11.8 Å². The Balaban J connectivity index is 3.72. The van der Waals surface area contributed by atoms with Crippen LogP contribution in [0.4, 0.5) is 0 Å². The molecule has 0 radical (unpaired) electrons. The van der Waals surface area contributed by atoms with E-state index in [1.54, 1.807) is 0 Å². The van der Waals surface area contributed by atoms with Crippen LogP contribution in [0.15, 0.2) is 0 Å². The van der Waals surface area contributed by atoms with Crippen molar-refractivity contribution >= 4 is 17.7 Å². The van der Waals surface area contributed by atoms with Gasteiger partial charge in [0.15, 0.2) is 0 Å². The topological polar surface area (TPSA) is 70.3 Å². The zero-order valence-electron chi connectivity index (χ0n) is 6.11. The summed E-state index contributed by atoms with van der Waals surface area (Å²) in [6, 6.07) is 0. The second-order valence-electron chi connectivity index (χ2n) is 1.82. The number of thioether (sulfide) groups is 1. The van der Waals surface area contributed by atoms with Gasteiger partial charge in [0.25, 0.3) is 6.26 Å². The molecule has 1 N–H and O–H groups in total. The van der Waals surface area contributed by atoms with Crippen molar-refractivity contribution in [1.82, 2.24) is 0 Å². The third-order valence-electron chi connectivity index (χ3n) is 1.05. The summed E-state index contributed by atoms with van der Waals surface area (Å²) in [5, 5.41) is 16.5. The average molecular weight is 175 g/mol. The van der Waals surface area contributed by atoms with E-state index in [2.05, 4.69) is 4.74 Å². The molecule has 0 aromatic rings. The Morgan fingerprint density at radius 3 is 2.91 bits per heavy atom. The van der Waals surface area contributed by atoms with Crippen LogP contribution in [-0.4, -0.2) is 29.2 Å². The highest BCUT2D eigenvalue weighted by atomic mass is 32.2. The van der Waals surface area contributed by atoms with E-state index in [0.717, 1.165) is 0 Å². The standard InChI is InChI=1S/C6H9NO3S/c1-11-3-2-5(6(8)9)10-4-7/h5H,2-3H2,1H3,(H,8,9). The summed E-state index contributed by atoms with van der Waals surface area (Å²) in [5.41, 5.74) is 0. The predicted molar refractivity (Wildman–Crippen MR) is 41.1 cm³/mol. The second-order valence-corrected chi connectivity index (χ2v) is 2.80. The molecule has 0 bridgehead atoms. The summed E-state index contributed by atoms with van der Waals surface area (Å²) in [4.78, 5) is 10.3. The monoisotopic (exact) mass is 175 g/mol. The molecule has 0 heterocycles. The quantitative estimate of drug-likeness (QED) is 0.622. The molecule has 0 aliphatic carbocycles. The smallest absolute Gasteiger partial charge is 0.346 e. The minimum absolute atomic E-state index is 0.365. The van der Waals surface area contributed by atoms with Crippen LogP contribution in [0.3, 0.4) is 0 Å². The fraction of sp³-hybridized carbons (Fsp3) is 0.667. The zero-order chi connectivity index (χ0) is 8.69. The van der Waals surface area contributed by atoms with E-state index >= 15 is 0 Å². The van der Waals surface area contributed by atoms with Gasteiger partial charge in [-0.25, -0.2) is 4.79 Å². The molecule has 0 aromatic heterocycles. The number of rotatable bonds is 5. The molecular weight excluding hydrogens is 166 g/mol. The Bertz CT molecular complexity index is 166. The van der Waals surface area contributed by atoms with Gasteiger partial charge in [0.1, 0.15) is 0 Å². The molecule has 0 fully saturated rings. The Hall–Kier alpha value is -0.890. The van der Waals surface area contributed by atoms with E-state index in [1.807, 2.05) is 6.26 Å². The Labute approximate surface area is 69.1 Å². The number of hydrogen-bond acceptors (Lipinski definition) is 4. The van der Waals surface area contributed by atoms with E-state index in [4.69, 9.17) is 10.4 Å². The fourth-order valence-electron chi connectivity index (χ4n) is 0.521. The average Bonchev–Trinajstić information content (AvgIpc) is 1.97. The number of carboxylic acid groups (broad SMARTS) is 1. The third kappa shape index (κ3) is 4.51. The summed E-state index contributed by atoms with van der Waals surface area (Å²) >= 11 is 1.52. The van der Waals surface area contributed by atoms with E-state index in [1.165, 1.54) is 18.0 Å². The van der Waals surface area contributed by atoms with Crippen LogP contribution in [0, 0.1) is 11.5 Å². The van der Waals surface area contributed by atoms with Crippen LogP contribution in [0.1, 0.15) is 6.42 Å². The number of ether oxygens (including phenoxy) is 1. The molecule has 4 nitrogen and oxygen atoms in total. The molecule has 0 rings (SSSR count). The molecule has 1 unspecified atom stereocenters. The van der Waals surface area contributed by atoms with Gasteiger partial charge >= 0.3 is 5.97 Å². The van der Waals surface area contributed by atoms with Crippen molar-refractivity contribution in [1.29, 1.82) is 5.26 Å². The summed E-state index contributed by atoms with van der Waals surface area (Å²) in [6.07, 6.45) is 2.62. The van der Waals surface area contributed by atoms with Gasteiger partial charge in [-0.2, -0.15) is 17.0 Å². The second kappa shape index (κ2) is 5.86. The van der Waals surface area contributed by atoms with Gasteiger partial charge in [0, 0.05) is 6.42 Å². The fourth-order valence-corrected chi connectivity index (χ4v) is 0.971. The predicted octanol–water partition coefficient (Wildman–Crippen LogP) is 0.690. The number of hydrogen-bond donors (Lipinski definition) is 1. The van der Waals surface area contributed by atoms with Gasteiger partial charge in [-0.05, 0) is 12.0 Å². The maximum atomic E-state index is 10.3. The molecule has 0 aliphatic heterocycles. The number of nitrogens with zero attached hydrogens (tertiary/aromatic N) is 1. The van der Waals surface area contributed by atoms with E-state index in [0.29, 0.717) is 12.2 Å². The van der Waals surface area contributed by atoms with Crippen molar-refractivity contribution in [3.05, 3.63) is 0 Å². The Kier molecular flexibility index (Phi) is 5.39. The third-order valence-corrected chi connectivity index (χ3v) is 1.70. The van der Waals surface area contributed by atoms with Crippen molar-refractivity contribution in [3.8, 4) is 6.26 Å². The highest BCUT2D eigenvalue weighted by molar-refractivity contribution is 7.98. The van der Waals surface area contributed by atoms with Crippen LogP contribution in [-0.2, 0) is 9.53 Å². The largest absolute Gasteiger partial charge is 0.478 e. The van der Waals surface area contributed by atoms with Crippen molar-refractivity contribution < 1.29 is 14.6 Å². The molecule has 0 amide bonds. The van der Waals surface area contributed by atoms with Gasteiger partial charge in [0.05, 0.1) is 0 Å². The molecule has 1 atom stereocenters. The minimum Gasteiger partial charge on any atom is -0.478 e. The summed E-state index contributed by atoms with van der Waals surface area (Å²) in [5.74, 6) is -0.404. The lowest BCUT2D eigenvalue weighted by molar-refractivity contribution is -0.146. The van der Waals surface area contributed by atoms with Gasteiger partial charge in [-0.3, -0.25) is 0 Å². The maximum Gasteiger partial charge on any atom is 0.346 e. The van der Waals surface area contributed by atoms with Crippen molar-refractivity contribution in [3.63, 3.8) is 0 Å². The lowest BCUT2D eigenvalue weighted by atomic mass is 10.3. The molecular formula is C6H9NO3S. The maximum absolute atomic E-state index is 10.3. The highest BCUT2D eigenvalue weighted by Gasteiger charge is 2.17. The first-order valence-corrected chi connectivity index (χ1v) is 4.38. The van der Waals surface area contributed by atoms with Gasteiger partial charge in [0.2, 0.25) is 6.10 Å². The summed E-state index contributed by atoms with van der Waals surface area (Å²) in [6.45, 7) is 0. The Morgan fingerprint density at radius 1 is 1.91 bits per heavy atom. The van der Waals surface area contributed by atoms with E-state index < -0.39 is 12.1 Å². The van der Waals surface area contributed by atoms with Gasteiger partial charge in [-0.1, -0.05) is 0 Å². The Morgan fingerprint density at radius 2 is 2.55 bits per heavy atom. The van der Waals surface area contributed by atoms with Crippen molar-refractivity contribution in [2.75, 3.05) is 12.0 Å². The molecule has 0 saturated heterocycles. The number of aliphatic carboxylic acids is 1. The lowest BCUT2D eigenvalue weighted by Crippen LogP contribution is -2.22. The molecule has 5 heteroatoms. The number of nitriles is 1. The van der Waals surface area contributed by atoms with Crippen molar-refractivity contribution in [2.45, 2.75) is 12.5 Å². The molecule has 0 aliphatic rings. The zero-order valence-corrected chi connectivity index (χ0v) is 6.93. The normalized spacial score (nSPS) is 11.6. The lowest BCUT2D eigenvalue weighted by Gasteiger charge is -2.06. The highest BCUT2D eigenvalue weighted by Crippen LogP contribution is 2.03. The summed E-state index contributed by atoms with van der Waals surface area (Å²) < 4.78 is 4.30. The first-order valence-electron chi connectivity index (χ1n) is 2.99. The van der Waals surface area contributed by atoms with Crippen LogP contribution < -0.4 is 0 Å². The molecule has 11 heavy (non-hydrogen) atoms. The van der Waals surface area contributed by atoms with Crippen LogP contribution in [0.2, 0.25) is 0 Å². The molecule has 62 valence electrons. The first-order chi connectivity index (χ1) is 5.22. The van der Waals surface area contributed by atoms with E-state index in [9.17, 15) is 4.79 Å². The SMILES string of the molecule is CSCCC(OC#N)C(=O)O. The van der Waals surface area contributed by atoms with Gasteiger partial charge in [-0.15, -0.1) is 0 Å².